The Morgan fingerprint density at radius 2 is 1.79 bits per heavy atom. The van der Waals surface area contributed by atoms with Crippen molar-refractivity contribution in [2.45, 2.75) is 6.10 Å². The van der Waals surface area contributed by atoms with Crippen molar-refractivity contribution in [3.05, 3.63) is 70.6 Å². The molecule has 0 saturated carbocycles. The van der Waals surface area contributed by atoms with E-state index in [0.29, 0.717) is 5.56 Å². The number of hydrogen-bond donors (Lipinski definition) is 2. The van der Waals surface area contributed by atoms with Gasteiger partial charge in [-0.2, -0.15) is 0 Å². The van der Waals surface area contributed by atoms with Crippen LogP contribution in [0.1, 0.15) is 17.2 Å². The van der Waals surface area contributed by atoms with Gasteiger partial charge in [0.1, 0.15) is 12.3 Å². The van der Waals surface area contributed by atoms with E-state index < -0.39 is 29.7 Å². The molecule has 1 saturated heterocycles. The number of phenolic OH excluding ortho intramolecular Hbond substituents is 1. The molecule has 2 aromatic rings. The number of aliphatic hydroxyl groups is 1. The Hall–Kier alpha value is -3.10. The van der Waals surface area contributed by atoms with Crippen molar-refractivity contribution in [2.24, 2.45) is 0 Å². The minimum absolute atomic E-state index is 0.0142. The van der Waals surface area contributed by atoms with Crippen molar-refractivity contribution in [3.63, 3.8) is 0 Å². The minimum Gasteiger partial charge on any atom is -0.508 e. The van der Waals surface area contributed by atoms with Gasteiger partial charge in [-0.15, -0.1) is 0 Å². The number of carbonyl (C=O) groups excluding carboxylic acids is 3. The molecular formula is C21H20N2O5S. The third-order valence-corrected chi connectivity index (χ3v) is 5.32. The summed E-state index contributed by atoms with van der Waals surface area (Å²) in [6.45, 7) is -0.407. The number of thioether (sulfide) groups is 1. The summed E-state index contributed by atoms with van der Waals surface area (Å²) in [6.07, 6.45) is 0.658. The van der Waals surface area contributed by atoms with Gasteiger partial charge in [0.05, 0.1) is 17.6 Å². The van der Waals surface area contributed by atoms with Crippen LogP contribution >= 0.6 is 11.8 Å². The normalized spacial score (nSPS) is 16.3. The molecule has 0 aliphatic carbocycles. The summed E-state index contributed by atoms with van der Waals surface area (Å²) in [4.78, 5) is 39.6. The lowest BCUT2D eigenvalue weighted by Gasteiger charge is -2.23. The largest absolute Gasteiger partial charge is 0.508 e. The number of aliphatic hydroxyl groups excluding tert-OH is 1. The monoisotopic (exact) mass is 412 g/mol. The van der Waals surface area contributed by atoms with Gasteiger partial charge in [-0.1, -0.05) is 42.5 Å². The molecule has 0 bridgehead atoms. The fraction of sp³-hybridized carbons (Fsp3) is 0.190. The summed E-state index contributed by atoms with van der Waals surface area (Å²) in [7, 11) is 1.49. The van der Waals surface area contributed by atoms with E-state index in [4.69, 9.17) is 0 Å². The summed E-state index contributed by atoms with van der Waals surface area (Å²) in [5.41, 5.74) is 1.33. The molecule has 1 unspecified atom stereocenters. The lowest BCUT2D eigenvalue weighted by Crippen LogP contribution is -2.41. The smallest absolute Gasteiger partial charge is 0.294 e. The maximum absolute atomic E-state index is 12.5. The van der Waals surface area contributed by atoms with E-state index in [9.17, 15) is 24.6 Å². The Morgan fingerprint density at radius 3 is 2.45 bits per heavy atom. The summed E-state index contributed by atoms with van der Waals surface area (Å²) >= 11 is 0.797. The van der Waals surface area contributed by atoms with E-state index in [1.165, 1.54) is 24.1 Å². The van der Waals surface area contributed by atoms with Crippen molar-refractivity contribution < 1.29 is 24.6 Å². The quantitative estimate of drug-likeness (QED) is 0.708. The standard InChI is InChI=1S/C21H20N2O5S/c1-22(12-17(25)15-7-9-16(24)10-8-15)19(26)13-23-20(27)18(29-21(23)28)11-14-5-3-2-4-6-14/h2-11,17,24-25H,12-13H2,1H3/b18-11-. The van der Waals surface area contributed by atoms with Crippen molar-refractivity contribution in [1.82, 2.24) is 9.80 Å². The Kier molecular flexibility index (Phi) is 6.36. The second-order valence-corrected chi connectivity index (χ2v) is 7.55. The van der Waals surface area contributed by atoms with Gasteiger partial charge >= 0.3 is 0 Å². The second-order valence-electron chi connectivity index (χ2n) is 6.56. The summed E-state index contributed by atoms with van der Waals surface area (Å²) in [5.74, 6) is -0.899. The first kappa shape index (κ1) is 20.6. The SMILES string of the molecule is CN(CC(O)c1ccc(O)cc1)C(=O)CN1C(=O)S/C(=C\c2ccccc2)C1=O. The Bertz CT molecular complexity index is 943. The van der Waals surface area contributed by atoms with Crippen LogP contribution in [0.2, 0.25) is 0 Å². The molecule has 2 N–H and O–H groups in total. The van der Waals surface area contributed by atoms with Crippen LogP contribution in [0.5, 0.6) is 5.75 Å². The highest BCUT2D eigenvalue weighted by Gasteiger charge is 2.36. The zero-order chi connectivity index (χ0) is 21.0. The van der Waals surface area contributed by atoms with Crippen LogP contribution in [0.25, 0.3) is 6.08 Å². The molecule has 8 heteroatoms. The van der Waals surface area contributed by atoms with Gasteiger partial charge in [-0.05, 0) is 41.1 Å². The van der Waals surface area contributed by atoms with E-state index in [2.05, 4.69) is 0 Å². The predicted molar refractivity (Wildman–Crippen MR) is 110 cm³/mol. The number of aromatic hydroxyl groups is 1. The average Bonchev–Trinajstić information content (AvgIpc) is 2.96. The summed E-state index contributed by atoms with van der Waals surface area (Å²) < 4.78 is 0. The van der Waals surface area contributed by atoms with Crippen molar-refractivity contribution in [3.8, 4) is 5.75 Å². The Labute approximate surface area is 172 Å². The number of rotatable bonds is 6. The zero-order valence-electron chi connectivity index (χ0n) is 15.7. The molecule has 1 heterocycles. The molecule has 3 rings (SSSR count). The first-order valence-electron chi connectivity index (χ1n) is 8.86. The lowest BCUT2D eigenvalue weighted by molar-refractivity contribution is -0.135. The number of phenols is 1. The van der Waals surface area contributed by atoms with Gasteiger partial charge in [0, 0.05) is 7.05 Å². The maximum atomic E-state index is 12.5. The number of carbonyl (C=O) groups is 3. The van der Waals surface area contributed by atoms with Crippen molar-refractivity contribution in [2.75, 3.05) is 20.1 Å². The van der Waals surface area contributed by atoms with Crippen molar-refractivity contribution >= 4 is 34.9 Å². The zero-order valence-corrected chi connectivity index (χ0v) is 16.5. The molecule has 29 heavy (non-hydrogen) atoms. The highest BCUT2D eigenvalue weighted by atomic mass is 32.2. The van der Waals surface area contributed by atoms with E-state index in [1.54, 1.807) is 18.2 Å². The molecule has 1 fully saturated rings. The molecule has 1 aliphatic heterocycles. The van der Waals surface area contributed by atoms with Gasteiger partial charge in [0.25, 0.3) is 11.1 Å². The van der Waals surface area contributed by atoms with Crippen LogP contribution < -0.4 is 0 Å². The number of imide groups is 1. The van der Waals surface area contributed by atoms with E-state index in [0.717, 1.165) is 22.2 Å². The molecule has 0 radical (unpaired) electrons. The van der Waals surface area contributed by atoms with E-state index >= 15 is 0 Å². The highest BCUT2D eigenvalue weighted by molar-refractivity contribution is 8.18. The number of hydrogen-bond acceptors (Lipinski definition) is 6. The average molecular weight is 412 g/mol. The number of benzene rings is 2. The van der Waals surface area contributed by atoms with Crippen molar-refractivity contribution in [1.29, 1.82) is 0 Å². The van der Waals surface area contributed by atoms with Crippen LogP contribution in [-0.4, -0.2) is 57.2 Å². The molecule has 150 valence electrons. The summed E-state index contributed by atoms with van der Waals surface area (Å²) in [6, 6.07) is 15.1. The third kappa shape index (κ3) is 5.04. The van der Waals surface area contributed by atoms with Crippen LogP contribution in [0.15, 0.2) is 59.5 Å². The van der Waals surface area contributed by atoms with Crippen LogP contribution in [0.4, 0.5) is 4.79 Å². The first-order valence-corrected chi connectivity index (χ1v) is 9.68. The Balaban J connectivity index is 1.62. The predicted octanol–water partition coefficient (Wildman–Crippen LogP) is 2.62. The molecule has 0 aromatic heterocycles. The number of amides is 3. The number of likely N-dealkylation sites (N-methyl/N-ethyl adjacent to an activating group) is 1. The molecule has 1 aliphatic rings. The van der Waals surface area contributed by atoms with Crippen LogP contribution in [0.3, 0.4) is 0 Å². The van der Waals surface area contributed by atoms with Gasteiger partial charge < -0.3 is 15.1 Å². The summed E-state index contributed by atoms with van der Waals surface area (Å²) in [5, 5.41) is 19.1. The molecule has 7 nitrogen and oxygen atoms in total. The van der Waals surface area contributed by atoms with Crippen LogP contribution in [0, 0.1) is 0 Å². The third-order valence-electron chi connectivity index (χ3n) is 4.41. The van der Waals surface area contributed by atoms with Gasteiger partial charge in [-0.25, -0.2) is 0 Å². The maximum Gasteiger partial charge on any atom is 0.294 e. The molecule has 3 amide bonds. The molecular weight excluding hydrogens is 392 g/mol. The minimum atomic E-state index is -0.961. The van der Waals surface area contributed by atoms with Crippen LogP contribution in [-0.2, 0) is 9.59 Å². The number of nitrogens with zero attached hydrogens (tertiary/aromatic N) is 2. The fourth-order valence-electron chi connectivity index (χ4n) is 2.76. The van der Waals surface area contributed by atoms with Gasteiger partial charge in [0.15, 0.2) is 0 Å². The second kappa shape index (κ2) is 8.93. The molecule has 1 atom stereocenters. The fourth-order valence-corrected chi connectivity index (χ4v) is 3.59. The molecule has 2 aromatic carbocycles. The van der Waals surface area contributed by atoms with E-state index in [-0.39, 0.29) is 17.2 Å². The molecule has 0 spiro atoms. The first-order chi connectivity index (χ1) is 13.8. The highest BCUT2D eigenvalue weighted by Crippen LogP contribution is 2.32. The van der Waals surface area contributed by atoms with Gasteiger partial charge in [-0.3, -0.25) is 19.3 Å². The topological polar surface area (TPSA) is 98.2 Å². The van der Waals surface area contributed by atoms with Gasteiger partial charge in [0.2, 0.25) is 5.91 Å². The van der Waals surface area contributed by atoms with E-state index in [1.807, 2.05) is 30.3 Å². The Morgan fingerprint density at radius 1 is 1.14 bits per heavy atom. The lowest BCUT2D eigenvalue weighted by atomic mass is 10.1.